The molecule has 1 saturated heterocycles. The number of nitrogens with two attached hydrogens (primary N) is 2. The molecule has 0 amide bonds. The molecular weight excluding hydrogens is 318 g/mol. The van der Waals surface area contributed by atoms with Crippen molar-refractivity contribution in [3.05, 3.63) is 22.4 Å². The number of aliphatic imine (C=N–C) groups is 1. The van der Waals surface area contributed by atoms with Gasteiger partial charge in [-0.2, -0.15) is 0 Å². The lowest BCUT2D eigenvalue weighted by Gasteiger charge is -2.32. The van der Waals surface area contributed by atoms with E-state index in [-0.39, 0.29) is 11.5 Å². The lowest BCUT2D eigenvalue weighted by Crippen LogP contribution is -2.40. The number of aromatic amines is 1. The quantitative estimate of drug-likeness (QED) is 0.323. The van der Waals surface area contributed by atoms with Crippen LogP contribution in [-0.4, -0.2) is 48.7 Å². The number of hydrogen-bond acceptors (Lipinski definition) is 5. The van der Waals surface area contributed by atoms with Crippen LogP contribution >= 0.6 is 0 Å². The fourth-order valence-corrected chi connectivity index (χ4v) is 2.80. The lowest BCUT2D eigenvalue weighted by molar-refractivity contribution is 0.382. The van der Waals surface area contributed by atoms with E-state index >= 15 is 0 Å². The molecule has 8 nitrogen and oxygen atoms in total. The van der Waals surface area contributed by atoms with Gasteiger partial charge in [0.25, 0.3) is 5.56 Å². The van der Waals surface area contributed by atoms with Gasteiger partial charge in [-0.25, -0.2) is 4.98 Å². The Morgan fingerprint density at radius 3 is 2.68 bits per heavy atom. The van der Waals surface area contributed by atoms with Gasteiger partial charge in [-0.15, -0.1) is 0 Å². The van der Waals surface area contributed by atoms with Crippen LogP contribution in [0.5, 0.6) is 0 Å². The van der Waals surface area contributed by atoms with Gasteiger partial charge in [0.2, 0.25) is 0 Å². The van der Waals surface area contributed by atoms with Gasteiger partial charge in [0, 0.05) is 19.6 Å². The van der Waals surface area contributed by atoms with Crippen molar-refractivity contribution in [3.63, 3.8) is 0 Å². The molecule has 6 N–H and O–H groups in total. The second-order valence-corrected chi connectivity index (χ2v) is 5.98. The van der Waals surface area contributed by atoms with E-state index in [2.05, 4.69) is 25.2 Å². The van der Waals surface area contributed by atoms with E-state index in [9.17, 15) is 4.79 Å². The summed E-state index contributed by atoms with van der Waals surface area (Å²) in [5, 5.41) is 3.45. The van der Waals surface area contributed by atoms with E-state index in [1.807, 2.05) is 13.8 Å². The molecule has 2 heterocycles. The van der Waals surface area contributed by atoms with Gasteiger partial charge < -0.3 is 26.7 Å². The van der Waals surface area contributed by atoms with Gasteiger partial charge in [0.15, 0.2) is 5.96 Å². The third kappa shape index (κ3) is 7.55. The zero-order chi connectivity index (χ0) is 18.7. The Morgan fingerprint density at radius 1 is 1.40 bits per heavy atom. The lowest BCUT2D eigenvalue weighted by atomic mass is 9.96. The van der Waals surface area contributed by atoms with Crippen molar-refractivity contribution in [1.82, 2.24) is 15.3 Å². The van der Waals surface area contributed by atoms with E-state index in [0.717, 1.165) is 45.4 Å². The van der Waals surface area contributed by atoms with Crippen LogP contribution in [0.25, 0.3) is 0 Å². The number of piperidine rings is 1. The number of aryl methyl sites for hydroxylation is 1. The molecule has 0 bridgehead atoms. The number of H-pyrrole nitrogens is 1. The predicted molar refractivity (Wildman–Crippen MR) is 104 cm³/mol. The Kier molecular flexibility index (Phi) is 9.61. The number of hydrogen-bond donors (Lipinski definition) is 4. The van der Waals surface area contributed by atoms with Gasteiger partial charge in [-0.05, 0) is 45.2 Å². The molecule has 25 heavy (non-hydrogen) atoms. The molecular formula is C17H33N7O. The average Bonchev–Trinajstić information content (AvgIpc) is 2.60. The summed E-state index contributed by atoms with van der Waals surface area (Å²) in [4.78, 5) is 25.0. The fourth-order valence-electron chi connectivity index (χ4n) is 2.80. The first-order valence-electron chi connectivity index (χ1n) is 9.13. The van der Waals surface area contributed by atoms with Gasteiger partial charge in [-0.1, -0.05) is 13.8 Å². The van der Waals surface area contributed by atoms with E-state index in [4.69, 9.17) is 11.5 Å². The first kappa shape index (κ1) is 21.0. The minimum Gasteiger partial charge on any atom is -0.370 e. The highest BCUT2D eigenvalue weighted by atomic mass is 16.1. The number of nitrogens with zero attached hydrogens (tertiary/aromatic N) is 3. The summed E-state index contributed by atoms with van der Waals surface area (Å²) in [6.07, 6.45) is 4.76. The normalized spacial score (nSPS) is 14.6. The summed E-state index contributed by atoms with van der Waals surface area (Å²) in [6.45, 7) is 10.2. The monoisotopic (exact) mass is 351 g/mol. The Balaban J connectivity index is 0.00000151. The van der Waals surface area contributed by atoms with Gasteiger partial charge in [0.1, 0.15) is 11.5 Å². The second kappa shape index (κ2) is 11.5. The Labute approximate surface area is 150 Å². The zero-order valence-corrected chi connectivity index (χ0v) is 15.7. The fraction of sp³-hybridized carbons (Fsp3) is 0.706. The highest BCUT2D eigenvalue weighted by Gasteiger charge is 2.20. The standard InChI is InChI=1S/C15H27N7O.C2H6/c1-11-20-10-13(14(23)21-11)22-7-3-12(4-8-22)9-18-5-2-6-19-15(16)17;1-2/h10,12,18H,2-9H2,1H3,(H4,16,17,19)(H,20,21,23);1-2H3. The molecule has 2 rings (SSSR count). The van der Waals surface area contributed by atoms with E-state index < -0.39 is 0 Å². The van der Waals surface area contributed by atoms with Crippen molar-refractivity contribution < 1.29 is 0 Å². The smallest absolute Gasteiger partial charge is 0.274 e. The maximum Gasteiger partial charge on any atom is 0.274 e. The Hall–Kier alpha value is -2.09. The minimum atomic E-state index is -0.0474. The van der Waals surface area contributed by atoms with Crippen LogP contribution in [0.4, 0.5) is 5.69 Å². The SMILES string of the molecule is CC.Cc1ncc(N2CCC(CNCCCN=C(N)N)CC2)c(=O)[nH]1. The molecule has 1 aromatic rings. The van der Waals surface area contributed by atoms with Gasteiger partial charge in [0.05, 0.1) is 6.20 Å². The Morgan fingerprint density at radius 2 is 2.08 bits per heavy atom. The third-order valence-corrected chi connectivity index (χ3v) is 4.10. The summed E-state index contributed by atoms with van der Waals surface area (Å²) < 4.78 is 0. The van der Waals surface area contributed by atoms with Crippen LogP contribution in [0.2, 0.25) is 0 Å². The summed E-state index contributed by atoms with van der Waals surface area (Å²) in [7, 11) is 0. The van der Waals surface area contributed by atoms with Crippen molar-refractivity contribution in [2.75, 3.05) is 37.6 Å². The van der Waals surface area contributed by atoms with Gasteiger partial charge >= 0.3 is 0 Å². The maximum atomic E-state index is 12.0. The Bertz CT molecular complexity index is 573. The molecule has 0 radical (unpaired) electrons. The summed E-state index contributed by atoms with van der Waals surface area (Å²) in [5.41, 5.74) is 11.2. The first-order chi connectivity index (χ1) is 12.1. The molecule has 1 fully saturated rings. The van der Waals surface area contributed by atoms with Crippen LogP contribution in [0.1, 0.15) is 38.9 Å². The van der Waals surface area contributed by atoms with Crippen molar-refractivity contribution in [2.24, 2.45) is 22.4 Å². The summed E-state index contributed by atoms with van der Waals surface area (Å²) in [5.74, 6) is 1.45. The largest absolute Gasteiger partial charge is 0.370 e. The summed E-state index contributed by atoms with van der Waals surface area (Å²) >= 11 is 0. The van der Waals surface area contributed by atoms with Gasteiger partial charge in [-0.3, -0.25) is 9.79 Å². The van der Waals surface area contributed by atoms with Crippen LogP contribution in [0.3, 0.4) is 0 Å². The molecule has 0 saturated carbocycles. The van der Waals surface area contributed by atoms with Crippen molar-refractivity contribution in [3.8, 4) is 0 Å². The van der Waals surface area contributed by atoms with E-state index in [0.29, 0.717) is 24.0 Å². The van der Waals surface area contributed by atoms with Crippen LogP contribution in [0, 0.1) is 12.8 Å². The third-order valence-electron chi connectivity index (χ3n) is 4.10. The highest BCUT2D eigenvalue weighted by molar-refractivity contribution is 5.75. The average molecular weight is 351 g/mol. The molecule has 0 unspecified atom stereocenters. The topological polar surface area (TPSA) is 125 Å². The molecule has 0 aromatic carbocycles. The number of rotatable bonds is 7. The first-order valence-corrected chi connectivity index (χ1v) is 9.13. The molecule has 8 heteroatoms. The predicted octanol–water partition coefficient (Wildman–Crippen LogP) is 0.574. The summed E-state index contributed by atoms with van der Waals surface area (Å²) in [6, 6.07) is 0. The molecule has 0 atom stereocenters. The molecule has 1 aromatic heterocycles. The molecule has 142 valence electrons. The van der Waals surface area contributed by atoms with Crippen LogP contribution in [0.15, 0.2) is 16.0 Å². The second-order valence-electron chi connectivity index (χ2n) is 5.98. The zero-order valence-electron chi connectivity index (χ0n) is 15.7. The minimum absolute atomic E-state index is 0.0474. The van der Waals surface area contributed by atoms with Crippen LogP contribution in [-0.2, 0) is 0 Å². The number of anilines is 1. The van der Waals surface area contributed by atoms with E-state index in [1.54, 1.807) is 13.1 Å². The highest BCUT2D eigenvalue weighted by Crippen LogP contribution is 2.19. The molecule has 1 aliphatic heterocycles. The molecule has 0 aliphatic carbocycles. The number of guanidine groups is 1. The van der Waals surface area contributed by atoms with Crippen molar-refractivity contribution >= 4 is 11.6 Å². The van der Waals surface area contributed by atoms with Crippen molar-refractivity contribution in [1.29, 1.82) is 0 Å². The van der Waals surface area contributed by atoms with Crippen molar-refractivity contribution in [2.45, 2.75) is 40.0 Å². The van der Waals surface area contributed by atoms with Crippen LogP contribution < -0.4 is 27.2 Å². The number of aromatic nitrogens is 2. The number of nitrogens with one attached hydrogen (secondary N) is 2. The van der Waals surface area contributed by atoms with E-state index in [1.165, 1.54) is 0 Å². The molecule has 1 aliphatic rings. The maximum absolute atomic E-state index is 12.0. The molecule has 0 spiro atoms.